The van der Waals surface area contributed by atoms with Crippen molar-refractivity contribution in [3.63, 3.8) is 0 Å². The van der Waals surface area contributed by atoms with Gasteiger partial charge in [0.25, 0.3) is 0 Å². The van der Waals surface area contributed by atoms with Crippen LogP contribution in [-0.4, -0.2) is 43.0 Å². The van der Waals surface area contributed by atoms with Crippen LogP contribution in [0, 0.1) is 6.92 Å². The summed E-state index contributed by atoms with van der Waals surface area (Å²) in [4.78, 5) is 6.55. The van der Waals surface area contributed by atoms with E-state index in [-0.39, 0.29) is 0 Å². The minimum absolute atomic E-state index is 0.631. The summed E-state index contributed by atoms with van der Waals surface area (Å²) in [6.45, 7) is 3.43. The van der Waals surface area contributed by atoms with E-state index < -0.39 is 5.60 Å². The van der Waals surface area contributed by atoms with Gasteiger partial charge in [-0.15, -0.1) is 10.2 Å². The molecule has 0 spiro atoms. The first-order chi connectivity index (χ1) is 11.2. The molecule has 0 atom stereocenters. The first-order valence-electron chi connectivity index (χ1n) is 7.72. The Bertz CT molecular complexity index is 823. The van der Waals surface area contributed by atoms with Gasteiger partial charge in [0.1, 0.15) is 11.9 Å². The number of anilines is 1. The first-order valence-corrected chi connectivity index (χ1v) is 7.72. The Balaban J connectivity index is 1.61. The molecule has 1 aliphatic rings. The molecule has 1 fully saturated rings. The number of rotatable bonds is 2. The Morgan fingerprint density at radius 3 is 2.78 bits per heavy atom. The van der Waals surface area contributed by atoms with Crippen molar-refractivity contribution in [3.8, 4) is 0 Å². The summed E-state index contributed by atoms with van der Waals surface area (Å²) in [5, 5.41) is 23.4. The average molecular weight is 310 g/mol. The van der Waals surface area contributed by atoms with Crippen LogP contribution in [-0.2, 0) is 5.60 Å². The molecule has 4 heterocycles. The molecule has 3 aromatic heterocycles. The third-order valence-electron chi connectivity index (χ3n) is 4.44. The van der Waals surface area contributed by atoms with Crippen molar-refractivity contribution in [3.05, 3.63) is 48.2 Å². The number of hydrogen-bond donors (Lipinski definition) is 1. The second kappa shape index (κ2) is 5.27. The molecule has 0 radical (unpaired) electrons. The normalized spacial score (nSPS) is 17.6. The van der Waals surface area contributed by atoms with E-state index in [1.807, 2.05) is 31.2 Å². The molecular weight excluding hydrogens is 292 g/mol. The van der Waals surface area contributed by atoms with E-state index in [2.05, 4.69) is 25.2 Å². The summed E-state index contributed by atoms with van der Waals surface area (Å²) >= 11 is 0. The fourth-order valence-electron chi connectivity index (χ4n) is 3.18. The molecule has 0 unspecified atom stereocenters. The summed E-state index contributed by atoms with van der Waals surface area (Å²) in [6.07, 6.45) is 4.60. The van der Waals surface area contributed by atoms with E-state index >= 15 is 0 Å². The lowest BCUT2D eigenvalue weighted by Gasteiger charge is -2.38. The molecule has 7 heteroatoms. The molecule has 0 aliphatic carbocycles. The molecule has 1 saturated heterocycles. The third-order valence-corrected chi connectivity index (χ3v) is 4.44. The maximum absolute atomic E-state index is 10.9. The SMILES string of the molecule is Cc1cc(N2CCC(O)(c3ccccn3)CC2)c2nncn2n1. The zero-order valence-electron chi connectivity index (χ0n) is 12.9. The monoisotopic (exact) mass is 310 g/mol. The number of piperidine rings is 1. The minimum atomic E-state index is -0.857. The fraction of sp³-hybridized carbons (Fsp3) is 0.375. The number of fused-ring (bicyclic) bond motifs is 1. The number of aliphatic hydroxyl groups is 1. The van der Waals surface area contributed by atoms with Gasteiger partial charge >= 0.3 is 0 Å². The van der Waals surface area contributed by atoms with Crippen LogP contribution < -0.4 is 4.90 Å². The van der Waals surface area contributed by atoms with Gasteiger partial charge in [0.15, 0.2) is 0 Å². The van der Waals surface area contributed by atoms with Crippen molar-refractivity contribution in [2.75, 3.05) is 18.0 Å². The quantitative estimate of drug-likeness (QED) is 0.769. The average Bonchev–Trinajstić information content (AvgIpc) is 3.04. The minimum Gasteiger partial charge on any atom is -0.383 e. The van der Waals surface area contributed by atoms with Crippen LogP contribution in [0.5, 0.6) is 0 Å². The highest BCUT2D eigenvalue weighted by atomic mass is 16.3. The standard InChI is InChI=1S/C16H18N6O/c1-12-10-13(15-19-18-11-22(15)20-12)21-8-5-16(23,6-9-21)14-4-2-3-7-17-14/h2-4,7,10-11,23H,5-6,8-9H2,1H3. The number of aryl methyl sites for hydroxylation is 1. The predicted molar refractivity (Wildman–Crippen MR) is 85.1 cm³/mol. The van der Waals surface area contributed by atoms with Crippen molar-refractivity contribution >= 4 is 11.3 Å². The zero-order chi connectivity index (χ0) is 15.9. The predicted octanol–water partition coefficient (Wildman–Crippen LogP) is 1.32. The highest BCUT2D eigenvalue weighted by molar-refractivity contribution is 5.68. The zero-order valence-corrected chi connectivity index (χ0v) is 12.9. The maximum atomic E-state index is 10.9. The first kappa shape index (κ1) is 14.1. The second-order valence-electron chi connectivity index (χ2n) is 6.00. The number of pyridine rings is 1. The van der Waals surface area contributed by atoms with Crippen LogP contribution in [0.15, 0.2) is 36.8 Å². The topological polar surface area (TPSA) is 79.4 Å². The number of aromatic nitrogens is 5. The van der Waals surface area contributed by atoms with Gasteiger partial charge in [0.05, 0.1) is 17.1 Å². The molecule has 0 saturated carbocycles. The van der Waals surface area contributed by atoms with Gasteiger partial charge in [0.2, 0.25) is 5.65 Å². The van der Waals surface area contributed by atoms with Gasteiger partial charge in [-0.1, -0.05) is 6.07 Å². The van der Waals surface area contributed by atoms with Crippen molar-refractivity contribution in [2.24, 2.45) is 0 Å². The molecule has 3 aromatic rings. The Hall–Kier alpha value is -2.54. The number of hydrogen-bond acceptors (Lipinski definition) is 6. The Kier molecular flexibility index (Phi) is 3.23. The van der Waals surface area contributed by atoms with Crippen LogP contribution in [0.25, 0.3) is 5.65 Å². The third kappa shape index (κ3) is 2.43. The molecule has 4 rings (SSSR count). The van der Waals surface area contributed by atoms with Gasteiger partial charge in [0, 0.05) is 19.3 Å². The van der Waals surface area contributed by atoms with Crippen LogP contribution in [0.4, 0.5) is 5.69 Å². The van der Waals surface area contributed by atoms with Crippen molar-refractivity contribution in [1.82, 2.24) is 24.8 Å². The lowest BCUT2D eigenvalue weighted by Crippen LogP contribution is -2.43. The van der Waals surface area contributed by atoms with Gasteiger partial charge in [-0.3, -0.25) is 4.98 Å². The maximum Gasteiger partial charge on any atom is 0.200 e. The molecule has 1 N–H and O–H groups in total. The molecule has 0 bridgehead atoms. The second-order valence-corrected chi connectivity index (χ2v) is 6.00. The highest BCUT2D eigenvalue weighted by Crippen LogP contribution is 2.34. The highest BCUT2D eigenvalue weighted by Gasteiger charge is 2.35. The summed E-state index contributed by atoms with van der Waals surface area (Å²) in [7, 11) is 0. The van der Waals surface area contributed by atoms with Crippen molar-refractivity contribution in [2.45, 2.75) is 25.4 Å². The molecule has 23 heavy (non-hydrogen) atoms. The molecule has 0 amide bonds. The van der Waals surface area contributed by atoms with Crippen LogP contribution >= 0.6 is 0 Å². The van der Waals surface area contributed by atoms with Gasteiger partial charge in [-0.25, -0.2) is 0 Å². The van der Waals surface area contributed by atoms with E-state index in [9.17, 15) is 5.11 Å². The van der Waals surface area contributed by atoms with Gasteiger partial charge < -0.3 is 10.0 Å². The summed E-state index contributed by atoms with van der Waals surface area (Å²) in [6, 6.07) is 7.69. The molecule has 7 nitrogen and oxygen atoms in total. The van der Waals surface area contributed by atoms with Crippen LogP contribution in [0.2, 0.25) is 0 Å². The van der Waals surface area contributed by atoms with Gasteiger partial charge in [-0.2, -0.15) is 9.61 Å². The Labute approximate surface area is 133 Å². The fourth-order valence-corrected chi connectivity index (χ4v) is 3.18. The molecular formula is C16H18N6O. The molecule has 118 valence electrons. The lowest BCUT2D eigenvalue weighted by atomic mass is 9.87. The van der Waals surface area contributed by atoms with Gasteiger partial charge in [-0.05, 0) is 38.0 Å². The van der Waals surface area contributed by atoms with Crippen molar-refractivity contribution < 1.29 is 5.11 Å². The van der Waals surface area contributed by atoms with Crippen LogP contribution in [0.1, 0.15) is 24.2 Å². The summed E-state index contributed by atoms with van der Waals surface area (Å²) in [5.74, 6) is 0. The van der Waals surface area contributed by atoms with E-state index in [0.29, 0.717) is 12.8 Å². The van der Waals surface area contributed by atoms with Crippen molar-refractivity contribution in [1.29, 1.82) is 0 Å². The van der Waals surface area contributed by atoms with E-state index in [0.717, 1.165) is 35.8 Å². The lowest BCUT2D eigenvalue weighted by molar-refractivity contribution is 0.00763. The molecule has 1 aliphatic heterocycles. The smallest absolute Gasteiger partial charge is 0.200 e. The van der Waals surface area contributed by atoms with E-state index in [1.165, 1.54) is 0 Å². The Morgan fingerprint density at radius 1 is 1.22 bits per heavy atom. The van der Waals surface area contributed by atoms with Crippen LogP contribution in [0.3, 0.4) is 0 Å². The molecule has 0 aromatic carbocycles. The summed E-state index contributed by atoms with van der Waals surface area (Å²) in [5.41, 5.74) is 2.57. The van der Waals surface area contributed by atoms with E-state index in [4.69, 9.17) is 0 Å². The largest absolute Gasteiger partial charge is 0.383 e. The summed E-state index contributed by atoms with van der Waals surface area (Å²) < 4.78 is 1.70. The Morgan fingerprint density at radius 2 is 2.04 bits per heavy atom. The van der Waals surface area contributed by atoms with E-state index in [1.54, 1.807) is 17.0 Å². The number of nitrogens with zero attached hydrogens (tertiary/aromatic N) is 6.